The Morgan fingerprint density at radius 2 is 1.94 bits per heavy atom. The highest BCUT2D eigenvalue weighted by molar-refractivity contribution is 5.76. The van der Waals surface area contributed by atoms with E-state index >= 15 is 0 Å². The van der Waals surface area contributed by atoms with Crippen molar-refractivity contribution >= 4 is 11.7 Å². The molecule has 1 aliphatic rings. The highest BCUT2D eigenvalue weighted by Crippen LogP contribution is 2.19. The van der Waals surface area contributed by atoms with Crippen molar-refractivity contribution in [3.8, 4) is 0 Å². The fourth-order valence-corrected chi connectivity index (χ4v) is 1.75. The average molecular weight is 259 g/mol. The standard InChI is InChI=1S/C11H12F3N3O/c12-7-5-8(13)10(9(14)6-7)15-1-3-17-4-2-16-11(17)18/h5-6,15H,1-4H2,(H,16,18). The fraction of sp³-hybridized carbons (Fsp3) is 0.364. The van der Waals surface area contributed by atoms with Crippen molar-refractivity contribution in [2.24, 2.45) is 0 Å². The molecule has 1 fully saturated rings. The number of carbonyl (C=O) groups excluding carboxylic acids is 1. The van der Waals surface area contributed by atoms with Gasteiger partial charge in [-0.3, -0.25) is 0 Å². The minimum atomic E-state index is -0.988. The van der Waals surface area contributed by atoms with E-state index in [9.17, 15) is 18.0 Å². The topological polar surface area (TPSA) is 44.4 Å². The third-order valence-corrected chi connectivity index (χ3v) is 2.64. The predicted molar refractivity (Wildman–Crippen MR) is 59.8 cm³/mol. The highest BCUT2D eigenvalue weighted by atomic mass is 19.1. The van der Waals surface area contributed by atoms with Crippen LogP contribution in [0, 0.1) is 17.5 Å². The van der Waals surface area contributed by atoms with Crippen molar-refractivity contribution in [2.45, 2.75) is 0 Å². The molecule has 0 atom stereocenters. The lowest BCUT2D eigenvalue weighted by molar-refractivity contribution is 0.219. The second kappa shape index (κ2) is 5.16. The van der Waals surface area contributed by atoms with Crippen LogP contribution in [0.1, 0.15) is 0 Å². The molecule has 1 heterocycles. The Kier molecular flexibility index (Phi) is 3.59. The van der Waals surface area contributed by atoms with E-state index in [0.717, 1.165) is 0 Å². The molecule has 1 saturated heterocycles. The molecule has 98 valence electrons. The van der Waals surface area contributed by atoms with Crippen molar-refractivity contribution in [1.82, 2.24) is 10.2 Å². The van der Waals surface area contributed by atoms with Crippen LogP contribution >= 0.6 is 0 Å². The SMILES string of the molecule is O=C1NCCN1CCNc1c(F)cc(F)cc1F. The van der Waals surface area contributed by atoms with Gasteiger partial charge in [-0.05, 0) is 0 Å². The van der Waals surface area contributed by atoms with Gasteiger partial charge in [0.05, 0.1) is 0 Å². The van der Waals surface area contributed by atoms with Gasteiger partial charge in [0.1, 0.15) is 11.5 Å². The zero-order valence-corrected chi connectivity index (χ0v) is 9.47. The van der Waals surface area contributed by atoms with E-state index in [2.05, 4.69) is 10.6 Å². The van der Waals surface area contributed by atoms with Gasteiger partial charge in [-0.1, -0.05) is 0 Å². The van der Waals surface area contributed by atoms with Gasteiger partial charge in [0, 0.05) is 38.3 Å². The number of rotatable bonds is 4. The normalized spacial score (nSPS) is 14.8. The zero-order valence-electron chi connectivity index (χ0n) is 9.47. The number of anilines is 1. The molecular formula is C11H12F3N3O. The van der Waals surface area contributed by atoms with Crippen LogP contribution in [0.5, 0.6) is 0 Å². The fourth-order valence-electron chi connectivity index (χ4n) is 1.75. The number of hydrogen-bond donors (Lipinski definition) is 2. The summed E-state index contributed by atoms with van der Waals surface area (Å²) in [6.45, 7) is 1.64. The monoisotopic (exact) mass is 259 g/mol. The highest BCUT2D eigenvalue weighted by Gasteiger charge is 2.19. The molecule has 0 unspecified atom stereocenters. The number of urea groups is 1. The molecule has 0 aliphatic carbocycles. The van der Waals surface area contributed by atoms with Crippen LogP contribution in [0.25, 0.3) is 0 Å². The molecule has 2 amide bonds. The second-order valence-corrected chi connectivity index (χ2v) is 3.89. The smallest absolute Gasteiger partial charge is 0.317 e. The number of amides is 2. The van der Waals surface area contributed by atoms with E-state index in [1.54, 1.807) is 0 Å². The maximum Gasteiger partial charge on any atom is 0.317 e. The first-order valence-electron chi connectivity index (χ1n) is 5.49. The number of carbonyl (C=O) groups is 1. The van der Waals surface area contributed by atoms with Crippen LogP contribution in [0.3, 0.4) is 0 Å². The summed E-state index contributed by atoms with van der Waals surface area (Å²) in [7, 11) is 0. The Bertz CT molecular complexity index is 444. The van der Waals surface area contributed by atoms with Gasteiger partial charge in [-0.25, -0.2) is 18.0 Å². The quantitative estimate of drug-likeness (QED) is 0.861. The predicted octanol–water partition coefficient (Wildman–Crippen LogP) is 1.54. The number of halogens is 3. The first-order valence-corrected chi connectivity index (χ1v) is 5.49. The molecule has 4 nitrogen and oxygen atoms in total. The molecule has 1 aromatic rings. The Hall–Kier alpha value is -1.92. The Morgan fingerprint density at radius 1 is 1.28 bits per heavy atom. The lowest BCUT2D eigenvalue weighted by Crippen LogP contribution is -2.32. The summed E-state index contributed by atoms with van der Waals surface area (Å²) in [5.41, 5.74) is -0.379. The maximum atomic E-state index is 13.3. The summed E-state index contributed by atoms with van der Waals surface area (Å²) in [5.74, 6) is -2.94. The van der Waals surface area contributed by atoms with E-state index in [1.807, 2.05) is 0 Å². The molecule has 0 saturated carbocycles. The zero-order chi connectivity index (χ0) is 13.1. The van der Waals surface area contributed by atoms with E-state index in [1.165, 1.54) is 4.90 Å². The van der Waals surface area contributed by atoms with Gasteiger partial charge >= 0.3 is 6.03 Å². The molecule has 2 N–H and O–H groups in total. The third kappa shape index (κ3) is 2.66. The third-order valence-electron chi connectivity index (χ3n) is 2.64. The average Bonchev–Trinajstić information content (AvgIpc) is 2.68. The second-order valence-electron chi connectivity index (χ2n) is 3.89. The number of nitrogens with one attached hydrogen (secondary N) is 2. The van der Waals surface area contributed by atoms with E-state index in [-0.39, 0.29) is 18.3 Å². The summed E-state index contributed by atoms with van der Waals surface area (Å²) in [5, 5.41) is 5.13. The number of nitrogens with zero attached hydrogens (tertiary/aromatic N) is 1. The van der Waals surface area contributed by atoms with Gasteiger partial charge in [0.25, 0.3) is 0 Å². The first kappa shape index (κ1) is 12.5. The lowest BCUT2D eigenvalue weighted by atomic mass is 10.2. The molecule has 1 aliphatic heterocycles. The van der Waals surface area contributed by atoms with Crippen LogP contribution in [0.4, 0.5) is 23.7 Å². The van der Waals surface area contributed by atoms with Gasteiger partial charge < -0.3 is 15.5 Å². The van der Waals surface area contributed by atoms with Gasteiger partial charge in [-0.2, -0.15) is 0 Å². The molecule has 1 aromatic carbocycles. The largest absolute Gasteiger partial charge is 0.379 e. The summed E-state index contributed by atoms with van der Waals surface area (Å²) in [6.07, 6.45) is 0. The maximum absolute atomic E-state index is 13.3. The Balaban J connectivity index is 1.92. The molecular weight excluding hydrogens is 247 g/mol. The molecule has 0 bridgehead atoms. The Morgan fingerprint density at radius 3 is 2.50 bits per heavy atom. The van der Waals surface area contributed by atoms with Crippen LogP contribution in [-0.2, 0) is 0 Å². The first-order chi connectivity index (χ1) is 8.58. The summed E-state index contributed by atoms with van der Waals surface area (Å²) in [6, 6.07) is 1.01. The molecule has 0 spiro atoms. The van der Waals surface area contributed by atoms with Crippen LogP contribution < -0.4 is 10.6 Å². The van der Waals surface area contributed by atoms with Gasteiger partial charge in [0.15, 0.2) is 11.6 Å². The number of benzene rings is 1. The van der Waals surface area contributed by atoms with Crippen molar-refractivity contribution in [1.29, 1.82) is 0 Å². The summed E-state index contributed by atoms with van der Waals surface area (Å²) in [4.78, 5) is 12.7. The van der Waals surface area contributed by atoms with Crippen LogP contribution in [0.15, 0.2) is 12.1 Å². The summed E-state index contributed by atoms with van der Waals surface area (Å²) >= 11 is 0. The van der Waals surface area contributed by atoms with Crippen LogP contribution in [0.2, 0.25) is 0 Å². The molecule has 0 radical (unpaired) electrons. The minimum absolute atomic E-state index is 0.187. The van der Waals surface area contributed by atoms with E-state index in [0.29, 0.717) is 31.8 Å². The van der Waals surface area contributed by atoms with Crippen molar-refractivity contribution < 1.29 is 18.0 Å². The summed E-state index contributed by atoms with van der Waals surface area (Å²) < 4.78 is 39.2. The van der Waals surface area contributed by atoms with Gasteiger partial charge in [-0.15, -0.1) is 0 Å². The van der Waals surface area contributed by atoms with E-state index in [4.69, 9.17) is 0 Å². The number of hydrogen-bond acceptors (Lipinski definition) is 2. The van der Waals surface area contributed by atoms with Gasteiger partial charge in [0.2, 0.25) is 0 Å². The molecule has 2 rings (SSSR count). The molecule has 7 heteroatoms. The van der Waals surface area contributed by atoms with Crippen molar-refractivity contribution in [3.63, 3.8) is 0 Å². The minimum Gasteiger partial charge on any atom is -0.379 e. The lowest BCUT2D eigenvalue weighted by Gasteiger charge is -2.15. The van der Waals surface area contributed by atoms with Crippen LogP contribution in [-0.4, -0.2) is 37.1 Å². The Labute approximate surface area is 102 Å². The van der Waals surface area contributed by atoms with Crippen molar-refractivity contribution in [3.05, 3.63) is 29.6 Å². The van der Waals surface area contributed by atoms with Crippen molar-refractivity contribution in [2.75, 3.05) is 31.5 Å². The molecule has 0 aromatic heterocycles. The van der Waals surface area contributed by atoms with E-state index < -0.39 is 17.5 Å². The molecule has 18 heavy (non-hydrogen) atoms.